The largest absolute Gasteiger partial charge is 0.495 e. The van der Waals surface area contributed by atoms with E-state index in [4.69, 9.17) is 9.88 Å². The first-order valence-corrected chi connectivity index (χ1v) is 8.19. The lowest BCUT2D eigenvalue weighted by molar-refractivity contribution is 0.402. The predicted octanol–water partition coefficient (Wildman–Crippen LogP) is -0.178. The Labute approximate surface area is 124 Å². The highest BCUT2D eigenvalue weighted by molar-refractivity contribution is 7.89. The minimum absolute atomic E-state index is 0.00690. The van der Waals surface area contributed by atoms with Crippen molar-refractivity contribution >= 4 is 16.0 Å². The van der Waals surface area contributed by atoms with Gasteiger partial charge in [-0.25, -0.2) is 13.6 Å². The zero-order valence-corrected chi connectivity index (χ0v) is 12.9. The fourth-order valence-electron chi connectivity index (χ4n) is 2.08. The molecule has 1 aromatic carbocycles. The Morgan fingerprint density at radius 2 is 2.29 bits per heavy atom. The first-order chi connectivity index (χ1) is 9.90. The van der Waals surface area contributed by atoms with Crippen molar-refractivity contribution in [3.8, 4) is 5.75 Å². The van der Waals surface area contributed by atoms with Crippen LogP contribution in [0.3, 0.4) is 0 Å². The van der Waals surface area contributed by atoms with Gasteiger partial charge in [0.1, 0.15) is 10.6 Å². The smallest absolute Gasteiger partial charge is 0.241 e. The Morgan fingerprint density at radius 1 is 1.52 bits per heavy atom. The van der Waals surface area contributed by atoms with Gasteiger partial charge < -0.3 is 15.4 Å². The lowest BCUT2D eigenvalue weighted by Gasteiger charge is -2.11. The number of methoxy groups -OCH3 is 1. The quantitative estimate of drug-likeness (QED) is 0.699. The number of benzene rings is 1. The van der Waals surface area contributed by atoms with Gasteiger partial charge in [0.05, 0.1) is 13.7 Å². The van der Waals surface area contributed by atoms with Crippen LogP contribution in [0.1, 0.15) is 12.5 Å². The molecule has 1 aliphatic heterocycles. The maximum atomic E-state index is 11.5. The summed E-state index contributed by atoms with van der Waals surface area (Å²) >= 11 is 0. The SMILES string of the molecule is COc1ccc(CCNC2=NCC(C)N2)cc1S(N)(=O)=O. The van der Waals surface area contributed by atoms with Crippen LogP contribution in [0.25, 0.3) is 0 Å². The Bertz CT molecular complexity index is 643. The molecule has 7 nitrogen and oxygen atoms in total. The third-order valence-electron chi connectivity index (χ3n) is 3.15. The van der Waals surface area contributed by atoms with E-state index < -0.39 is 10.0 Å². The molecule has 0 fully saturated rings. The van der Waals surface area contributed by atoms with Gasteiger partial charge in [0, 0.05) is 12.6 Å². The van der Waals surface area contributed by atoms with Gasteiger partial charge in [-0.3, -0.25) is 4.99 Å². The number of aliphatic imine (C=N–C) groups is 1. The molecule has 1 heterocycles. The Hall–Kier alpha value is -1.80. The minimum Gasteiger partial charge on any atom is -0.495 e. The molecule has 0 aliphatic carbocycles. The number of hydrogen-bond donors (Lipinski definition) is 3. The second-order valence-corrected chi connectivity index (χ2v) is 6.47. The van der Waals surface area contributed by atoms with E-state index in [9.17, 15) is 8.42 Å². The van der Waals surface area contributed by atoms with E-state index >= 15 is 0 Å². The van der Waals surface area contributed by atoms with Gasteiger partial charge in [0.25, 0.3) is 0 Å². The van der Waals surface area contributed by atoms with Crippen molar-refractivity contribution in [2.75, 3.05) is 20.2 Å². The van der Waals surface area contributed by atoms with Gasteiger partial charge >= 0.3 is 0 Å². The fraction of sp³-hybridized carbons (Fsp3) is 0.462. The molecule has 21 heavy (non-hydrogen) atoms. The number of nitrogens with one attached hydrogen (secondary N) is 2. The van der Waals surface area contributed by atoms with Crippen LogP contribution in [0.4, 0.5) is 0 Å². The summed E-state index contributed by atoms with van der Waals surface area (Å²) in [6.07, 6.45) is 0.654. The molecule has 4 N–H and O–H groups in total. The van der Waals surface area contributed by atoms with E-state index in [0.29, 0.717) is 19.0 Å². The zero-order chi connectivity index (χ0) is 15.5. The van der Waals surface area contributed by atoms with Crippen molar-refractivity contribution in [1.29, 1.82) is 0 Å². The topological polar surface area (TPSA) is 106 Å². The number of sulfonamides is 1. The predicted molar refractivity (Wildman–Crippen MR) is 81.0 cm³/mol. The van der Waals surface area contributed by atoms with Crippen LogP contribution in [-0.4, -0.2) is 40.6 Å². The van der Waals surface area contributed by atoms with Crippen molar-refractivity contribution in [1.82, 2.24) is 10.6 Å². The van der Waals surface area contributed by atoms with E-state index in [0.717, 1.165) is 18.1 Å². The lowest BCUT2D eigenvalue weighted by atomic mass is 10.1. The molecule has 0 spiro atoms. The van der Waals surface area contributed by atoms with Crippen molar-refractivity contribution < 1.29 is 13.2 Å². The average Bonchev–Trinajstić information content (AvgIpc) is 2.83. The van der Waals surface area contributed by atoms with Crippen LogP contribution in [0.15, 0.2) is 28.1 Å². The van der Waals surface area contributed by atoms with Crippen LogP contribution in [0, 0.1) is 0 Å². The molecule has 1 aromatic rings. The van der Waals surface area contributed by atoms with Gasteiger partial charge in [-0.1, -0.05) is 6.07 Å². The standard InChI is InChI=1S/C13H20N4O3S/c1-9-8-16-13(17-9)15-6-5-10-3-4-11(20-2)12(7-10)21(14,18)19/h3-4,7,9H,5-6,8H2,1-2H3,(H2,14,18,19)(H2,15,16,17). The molecule has 0 bridgehead atoms. The van der Waals surface area contributed by atoms with Crippen LogP contribution in [-0.2, 0) is 16.4 Å². The van der Waals surface area contributed by atoms with Gasteiger partial charge in [-0.15, -0.1) is 0 Å². The van der Waals surface area contributed by atoms with Crippen molar-refractivity contribution in [2.45, 2.75) is 24.3 Å². The van der Waals surface area contributed by atoms with E-state index in [1.807, 2.05) is 6.07 Å². The number of nitrogens with zero attached hydrogens (tertiary/aromatic N) is 1. The van der Waals surface area contributed by atoms with Gasteiger partial charge in [0.2, 0.25) is 10.0 Å². The minimum atomic E-state index is -3.80. The summed E-state index contributed by atoms with van der Waals surface area (Å²) in [7, 11) is -2.38. The highest BCUT2D eigenvalue weighted by Gasteiger charge is 2.16. The van der Waals surface area contributed by atoms with Crippen LogP contribution < -0.4 is 20.5 Å². The third kappa shape index (κ3) is 4.08. The van der Waals surface area contributed by atoms with E-state index in [1.54, 1.807) is 12.1 Å². The highest BCUT2D eigenvalue weighted by Crippen LogP contribution is 2.23. The Morgan fingerprint density at radius 3 is 2.86 bits per heavy atom. The summed E-state index contributed by atoms with van der Waals surface area (Å²) in [6, 6.07) is 5.33. The number of nitrogens with two attached hydrogens (primary N) is 1. The first kappa shape index (κ1) is 15.6. The molecule has 1 atom stereocenters. The number of rotatable bonds is 5. The Balaban J connectivity index is 2.01. The summed E-state index contributed by atoms with van der Waals surface area (Å²) in [6.45, 7) is 3.47. The normalized spacial score (nSPS) is 18.0. The molecular weight excluding hydrogens is 292 g/mol. The molecule has 0 radical (unpaired) electrons. The van der Waals surface area contributed by atoms with Crippen LogP contribution >= 0.6 is 0 Å². The first-order valence-electron chi connectivity index (χ1n) is 6.64. The van der Waals surface area contributed by atoms with Crippen LogP contribution in [0.5, 0.6) is 5.75 Å². The molecule has 0 saturated carbocycles. The molecule has 1 aliphatic rings. The average molecular weight is 312 g/mol. The number of guanidine groups is 1. The monoisotopic (exact) mass is 312 g/mol. The maximum Gasteiger partial charge on any atom is 0.241 e. The number of hydrogen-bond acceptors (Lipinski definition) is 6. The molecule has 8 heteroatoms. The third-order valence-corrected chi connectivity index (χ3v) is 4.08. The van der Waals surface area contributed by atoms with Crippen molar-refractivity contribution in [3.05, 3.63) is 23.8 Å². The summed E-state index contributed by atoms with van der Waals surface area (Å²) in [5, 5.41) is 11.6. The zero-order valence-electron chi connectivity index (χ0n) is 12.1. The molecule has 0 aromatic heterocycles. The Kier molecular flexibility index (Phi) is 4.69. The molecule has 1 unspecified atom stereocenters. The fourth-order valence-corrected chi connectivity index (χ4v) is 2.83. The van der Waals surface area contributed by atoms with E-state index in [1.165, 1.54) is 7.11 Å². The molecule has 2 rings (SSSR count). The van der Waals surface area contributed by atoms with Gasteiger partial charge in [-0.05, 0) is 31.0 Å². The molecular formula is C13H20N4O3S. The number of ether oxygens (including phenoxy) is 1. The lowest BCUT2D eigenvalue weighted by Crippen LogP contribution is -2.38. The second-order valence-electron chi connectivity index (χ2n) is 4.94. The summed E-state index contributed by atoms with van der Waals surface area (Å²) in [5.74, 6) is 1.03. The summed E-state index contributed by atoms with van der Waals surface area (Å²) in [4.78, 5) is 4.30. The van der Waals surface area contributed by atoms with Crippen molar-refractivity contribution in [2.24, 2.45) is 10.1 Å². The summed E-state index contributed by atoms with van der Waals surface area (Å²) in [5.41, 5.74) is 0.860. The van der Waals surface area contributed by atoms with E-state index in [-0.39, 0.29) is 10.6 Å². The highest BCUT2D eigenvalue weighted by atomic mass is 32.2. The second kappa shape index (κ2) is 6.31. The summed E-state index contributed by atoms with van der Waals surface area (Å²) < 4.78 is 28.1. The van der Waals surface area contributed by atoms with Crippen LogP contribution in [0.2, 0.25) is 0 Å². The molecule has 0 amide bonds. The van der Waals surface area contributed by atoms with Gasteiger partial charge in [0.15, 0.2) is 5.96 Å². The number of primary sulfonamides is 1. The maximum absolute atomic E-state index is 11.5. The molecule has 0 saturated heterocycles. The molecule has 116 valence electrons. The van der Waals surface area contributed by atoms with Crippen molar-refractivity contribution in [3.63, 3.8) is 0 Å². The van der Waals surface area contributed by atoms with E-state index in [2.05, 4.69) is 22.5 Å². The van der Waals surface area contributed by atoms with Gasteiger partial charge in [-0.2, -0.15) is 0 Å².